The Morgan fingerprint density at radius 3 is 2.56 bits per heavy atom. The van der Waals surface area contributed by atoms with Crippen LogP contribution in [0.5, 0.6) is 0 Å². The minimum atomic E-state index is -0.821. The molecule has 0 saturated carbocycles. The first-order chi connectivity index (χ1) is 17.5. The van der Waals surface area contributed by atoms with Gasteiger partial charge in [0.1, 0.15) is 12.1 Å². The fourth-order valence-corrected chi connectivity index (χ4v) is 4.66. The summed E-state index contributed by atoms with van der Waals surface area (Å²) < 4.78 is 0. The van der Waals surface area contributed by atoms with Gasteiger partial charge in [-0.2, -0.15) is 0 Å². The molecule has 2 atom stereocenters. The van der Waals surface area contributed by atoms with Crippen LogP contribution in [-0.2, 0) is 22.4 Å². The van der Waals surface area contributed by atoms with Gasteiger partial charge in [0.15, 0.2) is 0 Å². The van der Waals surface area contributed by atoms with Crippen LogP contribution >= 0.6 is 11.6 Å². The fraction of sp³-hybridized carbons (Fsp3) is 0.286. The van der Waals surface area contributed by atoms with Crippen molar-refractivity contribution in [2.24, 2.45) is 0 Å². The van der Waals surface area contributed by atoms with Gasteiger partial charge in [-0.05, 0) is 54.7 Å². The largest absolute Gasteiger partial charge is 0.354 e. The number of halogens is 1. The van der Waals surface area contributed by atoms with E-state index in [0.717, 1.165) is 17.5 Å². The average molecular weight is 505 g/mol. The zero-order chi connectivity index (χ0) is 25.3. The molecule has 1 aromatic heterocycles. The lowest BCUT2D eigenvalue weighted by Crippen LogP contribution is -2.54. The smallest absolute Gasteiger partial charge is 0.251 e. The zero-order valence-corrected chi connectivity index (χ0v) is 20.7. The van der Waals surface area contributed by atoms with Gasteiger partial charge >= 0.3 is 0 Å². The molecule has 1 aliphatic rings. The highest BCUT2D eigenvalue weighted by atomic mass is 35.5. The summed E-state index contributed by atoms with van der Waals surface area (Å²) in [6.07, 6.45) is 5.52. The van der Waals surface area contributed by atoms with Gasteiger partial charge < -0.3 is 15.5 Å². The summed E-state index contributed by atoms with van der Waals surface area (Å²) in [5.74, 6) is -0.799. The van der Waals surface area contributed by atoms with E-state index in [-0.39, 0.29) is 24.1 Å². The number of hydrogen-bond acceptors (Lipinski definition) is 4. The molecule has 0 unspecified atom stereocenters. The van der Waals surface area contributed by atoms with Crippen molar-refractivity contribution >= 4 is 29.3 Å². The van der Waals surface area contributed by atoms with Crippen molar-refractivity contribution in [2.75, 3.05) is 13.1 Å². The molecule has 8 heteroatoms. The lowest BCUT2D eigenvalue weighted by Gasteiger charge is -2.29. The number of pyridine rings is 1. The first kappa shape index (κ1) is 25.4. The molecule has 0 aliphatic carbocycles. The van der Waals surface area contributed by atoms with E-state index in [1.807, 2.05) is 36.4 Å². The van der Waals surface area contributed by atoms with Gasteiger partial charge in [0, 0.05) is 42.5 Å². The molecule has 186 valence electrons. The molecule has 0 radical (unpaired) electrons. The second kappa shape index (κ2) is 12.3. The van der Waals surface area contributed by atoms with Gasteiger partial charge in [-0.15, -0.1) is 0 Å². The van der Waals surface area contributed by atoms with Crippen LogP contribution in [0.4, 0.5) is 0 Å². The maximum absolute atomic E-state index is 13.7. The summed E-state index contributed by atoms with van der Waals surface area (Å²) >= 11 is 6.21. The molecule has 3 amide bonds. The minimum absolute atomic E-state index is 0.192. The second-order valence-electron chi connectivity index (χ2n) is 8.78. The monoisotopic (exact) mass is 504 g/mol. The Morgan fingerprint density at radius 1 is 1.03 bits per heavy atom. The van der Waals surface area contributed by atoms with Crippen LogP contribution in [0.1, 0.15) is 34.3 Å². The van der Waals surface area contributed by atoms with Crippen LogP contribution in [0.2, 0.25) is 5.02 Å². The van der Waals surface area contributed by atoms with Gasteiger partial charge in [-0.3, -0.25) is 19.4 Å². The molecular weight excluding hydrogens is 476 g/mol. The van der Waals surface area contributed by atoms with Crippen LogP contribution in [-0.4, -0.2) is 52.8 Å². The van der Waals surface area contributed by atoms with Crippen LogP contribution in [0.15, 0.2) is 79.1 Å². The van der Waals surface area contributed by atoms with Gasteiger partial charge in [-0.1, -0.05) is 54.1 Å². The molecule has 2 aromatic carbocycles. The standard InChI is InChI=1S/C28H29ClN4O3/c29-23-12-5-4-9-21(23)14-16-31-27(35)25-13-7-17-33(25)28(36)24(18-20-8-6-15-30-19-20)32-26(34)22-10-2-1-3-11-22/h1-6,8-12,15,19,24-25H,7,13-14,16-18H2,(H,31,35)(H,32,34)/t24-,25-/m0/s1. The zero-order valence-electron chi connectivity index (χ0n) is 19.9. The Morgan fingerprint density at radius 2 is 1.81 bits per heavy atom. The third-order valence-corrected chi connectivity index (χ3v) is 6.66. The summed E-state index contributed by atoms with van der Waals surface area (Å²) in [6, 6.07) is 18.6. The molecule has 36 heavy (non-hydrogen) atoms. The van der Waals surface area contributed by atoms with E-state index in [1.54, 1.807) is 47.6 Å². The topological polar surface area (TPSA) is 91.4 Å². The number of rotatable bonds is 9. The van der Waals surface area contributed by atoms with E-state index in [0.29, 0.717) is 36.5 Å². The normalized spacial score (nSPS) is 15.8. The average Bonchev–Trinajstić information content (AvgIpc) is 3.40. The predicted octanol–water partition coefficient (Wildman–Crippen LogP) is 3.43. The maximum Gasteiger partial charge on any atom is 0.251 e. The summed E-state index contributed by atoms with van der Waals surface area (Å²) in [5, 5.41) is 6.50. The van der Waals surface area contributed by atoms with Crippen LogP contribution in [0.3, 0.4) is 0 Å². The number of benzene rings is 2. The van der Waals surface area contributed by atoms with Crippen molar-refractivity contribution in [1.82, 2.24) is 20.5 Å². The quantitative estimate of drug-likeness (QED) is 0.467. The van der Waals surface area contributed by atoms with E-state index in [4.69, 9.17) is 11.6 Å². The predicted molar refractivity (Wildman–Crippen MR) is 139 cm³/mol. The van der Waals surface area contributed by atoms with Crippen molar-refractivity contribution in [3.8, 4) is 0 Å². The van der Waals surface area contributed by atoms with Gasteiger partial charge in [0.25, 0.3) is 5.91 Å². The van der Waals surface area contributed by atoms with Crippen molar-refractivity contribution in [3.05, 3.63) is 101 Å². The molecule has 0 bridgehead atoms. The number of hydrogen-bond donors (Lipinski definition) is 2. The van der Waals surface area contributed by atoms with E-state index < -0.39 is 12.1 Å². The molecule has 4 rings (SSSR count). The van der Waals surface area contributed by atoms with E-state index in [1.165, 1.54) is 0 Å². The van der Waals surface area contributed by atoms with Crippen molar-refractivity contribution < 1.29 is 14.4 Å². The Kier molecular flexibility index (Phi) is 8.68. The lowest BCUT2D eigenvalue weighted by molar-refractivity contribution is -0.139. The van der Waals surface area contributed by atoms with E-state index in [2.05, 4.69) is 15.6 Å². The molecule has 1 aliphatic heterocycles. The molecule has 7 nitrogen and oxygen atoms in total. The van der Waals surface area contributed by atoms with E-state index >= 15 is 0 Å². The van der Waals surface area contributed by atoms with Gasteiger partial charge in [0.2, 0.25) is 11.8 Å². The van der Waals surface area contributed by atoms with Crippen molar-refractivity contribution in [2.45, 2.75) is 37.8 Å². The Balaban J connectivity index is 1.44. The highest BCUT2D eigenvalue weighted by molar-refractivity contribution is 6.31. The molecule has 2 heterocycles. The molecular formula is C28H29ClN4O3. The number of aromatic nitrogens is 1. The van der Waals surface area contributed by atoms with Crippen molar-refractivity contribution in [1.29, 1.82) is 0 Å². The van der Waals surface area contributed by atoms with Crippen molar-refractivity contribution in [3.63, 3.8) is 0 Å². The highest BCUT2D eigenvalue weighted by Crippen LogP contribution is 2.20. The number of nitrogens with one attached hydrogen (secondary N) is 2. The molecule has 1 fully saturated rings. The second-order valence-corrected chi connectivity index (χ2v) is 9.19. The third kappa shape index (κ3) is 6.49. The summed E-state index contributed by atoms with van der Waals surface area (Å²) in [6.45, 7) is 0.886. The Labute approximate surface area is 215 Å². The molecule has 2 N–H and O–H groups in total. The number of amides is 3. The maximum atomic E-state index is 13.7. The van der Waals surface area contributed by atoms with Gasteiger partial charge in [0.05, 0.1) is 0 Å². The fourth-order valence-electron chi connectivity index (χ4n) is 4.43. The summed E-state index contributed by atoms with van der Waals surface area (Å²) in [4.78, 5) is 45.3. The number of nitrogens with zero attached hydrogens (tertiary/aromatic N) is 2. The van der Waals surface area contributed by atoms with Gasteiger partial charge in [-0.25, -0.2) is 0 Å². The first-order valence-electron chi connectivity index (χ1n) is 12.1. The van der Waals surface area contributed by atoms with Crippen LogP contribution in [0, 0.1) is 0 Å². The minimum Gasteiger partial charge on any atom is -0.354 e. The number of carbonyl (C=O) groups is 3. The Bertz CT molecular complexity index is 1190. The molecule has 0 spiro atoms. The van der Waals surface area contributed by atoms with E-state index in [9.17, 15) is 14.4 Å². The molecule has 1 saturated heterocycles. The Hall–Kier alpha value is -3.71. The first-order valence-corrected chi connectivity index (χ1v) is 12.5. The highest BCUT2D eigenvalue weighted by Gasteiger charge is 2.37. The van der Waals surface area contributed by atoms with Crippen LogP contribution < -0.4 is 10.6 Å². The molecule has 3 aromatic rings. The lowest BCUT2D eigenvalue weighted by atomic mass is 10.0. The summed E-state index contributed by atoms with van der Waals surface area (Å²) in [5.41, 5.74) is 2.25. The summed E-state index contributed by atoms with van der Waals surface area (Å²) in [7, 11) is 0. The number of likely N-dealkylation sites (tertiary alicyclic amines) is 1. The van der Waals surface area contributed by atoms with Crippen LogP contribution in [0.25, 0.3) is 0 Å². The number of carbonyl (C=O) groups excluding carboxylic acids is 3. The third-order valence-electron chi connectivity index (χ3n) is 6.29. The SMILES string of the molecule is O=C(N[C@@H](Cc1cccnc1)C(=O)N1CCC[C@H]1C(=O)NCCc1ccccc1Cl)c1ccccc1.